The Balaban J connectivity index is 1.67. The average Bonchev–Trinajstić information content (AvgIpc) is 2.65. The van der Waals surface area contributed by atoms with E-state index in [2.05, 4.69) is 20.8 Å². The van der Waals surface area contributed by atoms with Gasteiger partial charge in [0.1, 0.15) is 0 Å². The number of nitrogens with one attached hydrogen (secondary N) is 2. The van der Waals surface area contributed by atoms with Gasteiger partial charge >= 0.3 is 0 Å². The molecular weight excluding hydrogens is 316 g/mol. The first-order chi connectivity index (χ1) is 12.1. The lowest BCUT2D eigenvalue weighted by atomic mass is 10.1. The van der Waals surface area contributed by atoms with Crippen molar-refractivity contribution in [1.29, 1.82) is 0 Å². The van der Waals surface area contributed by atoms with Gasteiger partial charge in [-0.2, -0.15) is 5.10 Å². The molecule has 0 fully saturated rings. The maximum Gasteiger partial charge on any atom is 0.240 e. The lowest BCUT2D eigenvalue weighted by Crippen LogP contribution is -2.26. The number of carbonyl (C=O) groups is 2. The van der Waals surface area contributed by atoms with Gasteiger partial charge in [-0.05, 0) is 30.5 Å². The molecule has 0 spiro atoms. The van der Waals surface area contributed by atoms with Crippen LogP contribution in [0.3, 0.4) is 0 Å². The Morgan fingerprint density at radius 2 is 1.80 bits per heavy atom. The van der Waals surface area contributed by atoms with E-state index in [0.717, 1.165) is 11.1 Å². The zero-order chi connectivity index (χ0) is 17.9. The second-order valence-electron chi connectivity index (χ2n) is 5.68. The van der Waals surface area contributed by atoms with E-state index in [0.29, 0.717) is 25.1 Å². The highest BCUT2D eigenvalue weighted by Crippen LogP contribution is 2.02. The molecule has 0 aliphatic rings. The molecule has 130 valence electrons. The summed E-state index contributed by atoms with van der Waals surface area (Å²) in [6, 6.07) is 13.5. The monoisotopic (exact) mass is 338 g/mol. The maximum absolute atomic E-state index is 11.9. The van der Waals surface area contributed by atoms with Crippen LogP contribution in [0, 0.1) is 0 Å². The van der Waals surface area contributed by atoms with Crippen LogP contribution in [0.25, 0.3) is 0 Å². The van der Waals surface area contributed by atoms with Gasteiger partial charge < -0.3 is 5.32 Å². The molecular formula is C19H22N4O2. The number of hydrogen-bond donors (Lipinski definition) is 2. The van der Waals surface area contributed by atoms with E-state index in [9.17, 15) is 9.59 Å². The quantitative estimate of drug-likeness (QED) is 0.572. The number of aromatic nitrogens is 1. The minimum Gasteiger partial charge on any atom is -0.352 e. The third kappa shape index (κ3) is 7.39. The van der Waals surface area contributed by atoms with Gasteiger partial charge in [-0.15, -0.1) is 0 Å². The summed E-state index contributed by atoms with van der Waals surface area (Å²) in [4.78, 5) is 27.6. The molecule has 0 bridgehead atoms. The Morgan fingerprint density at radius 1 is 1.04 bits per heavy atom. The Bertz CT molecular complexity index is 715. The molecule has 2 aromatic rings. The van der Waals surface area contributed by atoms with Gasteiger partial charge in [0.05, 0.1) is 6.42 Å². The van der Waals surface area contributed by atoms with Gasteiger partial charge in [0, 0.05) is 31.1 Å². The molecule has 0 atom stereocenters. The predicted molar refractivity (Wildman–Crippen MR) is 96.7 cm³/mol. The summed E-state index contributed by atoms with van der Waals surface area (Å²) in [5.41, 5.74) is 5.08. The molecule has 0 unspecified atom stereocenters. The number of hydrazone groups is 1. The van der Waals surface area contributed by atoms with Gasteiger partial charge in [0.2, 0.25) is 11.8 Å². The molecule has 1 aromatic heterocycles. The Hall–Kier alpha value is -3.02. The molecule has 0 saturated heterocycles. The van der Waals surface area contributed by atoms with E-state index in [4.69, 9.17) is 0 Å². The number of nitrogens with zero attached hydrogens (tertiary/aromatic N) is 2. The SMILES string of the molecule is C/C(CC(=O)NCc1cccnc1)=N\NC(=O)CCc1ccccc1. The number of hydrogen-bond acceptors (Lipinski definition) is 4. The summed E-state index contributed by atoms with van der Waals surface area (Å²) >= 11 is 0. The molecule has 1 heterocycles. The molecule has 2 N–H and O–H groups in total. The van der Waals surface area contributed by atoms with Crippen molar-refractivity contribution in [2.75, 3.05) is 0 Å². The van der Waals surface area contributed by atoms with Crippen molar-refractivity contribution in [2.24, 2.45) is 5.10 Å². The number of benzene rings is 1. The van der Waals surface area contributed by atoms with Gasteiger partial charge in [0.15, 0.2) is 0 Å². The summed E-state index contributed by atoms with van der Waals surface area (Å²) in [6.07, 6.45) is 4.54. The summed E-state index contributed by atoms with van der Waals surface area (Å²) in [6.45, 7) is 2.13. The molecule has 0 radical (unpaired) electrons. The molecule has 0 saturated carbocycles. The minimum atomic E-state index is -0.168. The van der Waals surface area contributed by atoms with Crippen molar-refractivity contribution in [2.45, 2.75) is 32.7 Å². The van der Waals surface area contributed by atoms with E-state index in [1.165, 1.54) is 0 Å². The average molecular weight is 338 g/mol. The van der Waals surface area contributed by atoms with Crippen LogP contribution in [0.2, 0.25) is 0 Å². The topological polar surface area (TPSA) is 83.4 Å². The zero-order valence-electron chi connectivity index (χ0n) is 14.2. The molecule has 0 aliphatic heterocycles. The van der Waals surface area contributed by atoms with Crippen LogP contribution in [-0.4, -0.2) is 22.5 Å². The van der Waals surface area contributed by atoms with E-state index < -0.39 is 0 Å². The fourth-order valence-electron chi connectivity index (χ4n) is 2.15. The van der Waals surface area contributed by atoms with E-state index in [1.807, 2.05) is 42.5 Å². The Morgan fingerprint density at radius 3 is 2.52 bits per heavy atom. The lowest BCUT2D eigenvalue weighted by molar-refractivity contribution is -0.121. The Labute approximate surface area is 147 Å². The smallest absolute Gasteiger partial charge is 0.240 e. The number of aryl methyl sites for hydroxylation is 1. The van der Waals surface area contributed by atoms with E-state index >= 15 is 0 Å². The first kappa shape index (κ1) is 18.3. The summed E-state index contributed by atoms with van der Waals surface area (Å²) in [5.74, 6) is -0.317. The normalized spacial score (nSPS) is 11.0. The van der Waals surface area contributed by atoms with Gasteiger partial charge in [-0.3, -0.25) is 14.6 Å². The molecule has 6 nitrogen and oxygen atoms in total. The van der Waals surface area contributed by atoms with Crippen LogP contribution in [0.1, 0.15) is 30.9 Å². The molecule has 2 rings (SSSR count). The van der Waals surface area contributed by atoms with Crippen molar-refractivity contribution in [1.82, 2.24) is 15.7 Å². The van der Waals surface area contributed by atoms with Crippen molar-refractivity contribution in [3.8, 4) is 0 Å². The zero-order valence-corrected chi connectivity index (χ0v) is 14.2. The standard InChI is InChI=1S/C19H22N4O2/c1-15(12-19(25)21-14-17-8-5-11-20-13-17)22-23-18(24)10-9-16-6-3-2-4-7-16/h2-8,11,13H,9-10,12,14H2,1H3,(H,21,25)(H,23,24)/b22-15+. The Kier molecular flexibility index (Phi) is 7.31. The number of pyridine rings is 1. The van der Waals surface area contributed by atoms with E-state index in [-0.39, 0.29) is 18.2 Å². The highest BCUT2D eigenvalue weighted by molar-refractivity contribution is 6.00. The third-order valence-corrected chi connectivity index (χ3v) is 3.48. The molecule has 0 aliphatic carbocycles. The van der Waals surface area contributed by atoms with Crippen LogP contribution in [0.4, 0.5) is 0 Å². The van der Waals surface area contributed by atoms with Crippen molar-refractivity contribution >= 4 is 17.5 Å². The molecule has 6 heteroatoms. The molecule has 1 aromatic carbocycles. The third-order valence-electron chi connectivity index (χ3n) is 3.48. The van der Waals surface area contributed by atoms with Gasteiger partial charge in [0.25, 0.3) is 0 Å². The van der Waals surface area contributed by atoms with Crippen molar-refractivity contribution in [3.63, 3.8) is 0 Å². The van der Waals surface area contributed by atoms with E-state index in [1.54, 1.807) is 19.3 Å². The molecule has 2 amide bonds. The fourth-order valence-corrected chi connectivity index (χ4v) is 2.15. The number of carbonyl (C=O) groups excluding carboxylic acids is 2. The highest BCUT2D eigenvalue weighted by atomic mass is 16.2. The largest absolute Gasteiger partial charge is 0.352 e. The molecule has 25 heavy (non-hydrogen) atoms. The highest BCUT2D eigenvalue weighted by Gasteiger charge is 2.05. The first-order valence-corrected chi connectivity index (χ1v) is 8.15. The van der Waals surface area contributed by atoms with Crippen LogP contribution in [-0.2, 0) is 22.6 Å². The first-order valence-electron chi connectivity index (χ1n) is 8.15. The summed E-state index contributed by atoms with van der Waals surface area (Å²) in [7, 11) is 0. The van der Waals surface area contributed by atoms with Crippen molar-refractivity contribution < 1.29 is 9.59 Å². The van der Waals surface area contributed by atoms with Gasteiger partial charge in [-0.1, -0.05) is 36.4 Å². The maximum atomic E-state index is 11.9. The summed E-state index contributed by atoms with van der Waals surface area (Å²) in [5, 5.41) is 6.77. The number of rotatable bonds is 8. The minimum absolute atomic E-state index is 0.138. The van der Waals surface area contributed by atoms with Crippen LogP contribution < -0.4 is 10.7 Å². The second-order valence-corrected chi connectivity index (χ2v) is 5.68. The van der Waals surface area contributed by atoms with Crippen LogP contribution in [0.5, 0.6) is 0 Å². The van der Waals surface area contributed by atoms with Crippen LogP contribution in [0.15, 0.2) is 60.0 Å². The predicted octanol–water partition coefficient (Wildman–Crippen LogP) is 2.21. The van der Waals surface area contributed by atoms with Gasteiger partial charge in [-0.25, -0.2) is 5.43 Å². The number of amides is 2. The fraction of sp³-hybridized carbons (Fsp3) is 0.263. The second kappa shape index (κ2) is 9.97. The van der Waals surface area contributed by atoms with Crippen molar-refractivity contribution in [3.05, 3.63) is 66.0 Å². The summed E-state index contributed by atoms with van der Waals surface area (Å²) < 4.78 is 0. The van der Waals surface area contributed by atoms with Crippen LogP contribution >= 0.6 is 0 Å². The lowest BCUT2D eigenvalue weighted by Gasteiger charge is -2.05.